The van der Waals surface area contributed by atoms with Crippen molar-refractivity contribution in [3.05, 3.63) is 42.1 Å². The van der Waals surface area contributed by atoms with E-state index in [0.29, 0.717) is 36.9 Å². The topological polar surface area (TPSA) is 118 Å². The van der Waals surface area contributed by atoms with Gasteiger partial charge in [0, 0.05) is 24.2 Å². The first-order valence-electron chi connectivity index (χ1n) is 9.27. The van der Waals surface area contributed by atoms with Crippen LogP contribution in [0.1, 0.15) is 5.56 Å². The van der Waals surface area contributed by atoms with Gasteiger partial charge >= 0.3 is 0 Å². The molecule has 4 rings (SSSR count). The van der Waals surface area contributed by atoms with Gasteiger partial charge in [-0.15, -0.1) is 11.8 Å². The van der Waals surface area contributed by atoms with Crippen LogP contribution in [0.25, 0.3) is 0 Å². The summed E-state index contributed by atoms with van der Waals surface area (Å²) in [4.78, 5) is 31.5. The Labute approximate surface area is 178 Å². The molecule has 9 nitrogen and oxygen atoms in total. The molecule has 0 spiro atoms. The summed E-state index contributed by atoms with van der Waals surface area (Å²) in [6.45, 7) is 3.65. The summed E-state index contributed by atoms with van der Waals surface area (Å²) in [5.41, 5.74) is 1.27. The normalized spacial score (nSPS) is 19.0. The minimum absolute atomic E-state index is 0.0116. The van der Waals surface area contributed by atoms with E-state index in [-0.39, 0.29) is 16.6 Å². The fourth-order valence-corrected chi connectivity index (χ4v) is 5.18. The molecule has 158 valence electrons. The molecular weight excluding hydrogens is 428 g/mol. The number of nitrogens with zero attached hydrogens (tertiary/aromatic N) is 2. The predicted octanol–water partition coefficient (Wildman–Crippen LogP) is 1.46. The highest BCUT2D eigenvalue weighted by molar-refractivity contribution is 8.01. The van der Waals surface area contributed by atoms with Crippen molar-refractivity contribution >= 4 is 45.1 Å². The van der Waals surface area contributed by atoms with E-state index in [1.165, 1.54) is 12.1 Å². The number of pyridine rings is 1. The number of ether oxygens (including phenoxy) is 1. The van der Waals surface area contributed by atoms with Gasteiger partial charge in [-0.2, -0.15) is 0 Å². The summed E-state index contributed by atoms with van der Waals surface area (Å²) in [5, 5.41) is 1.76. The first-order valence-corrected chi connectivity index (χ1v) is 11.6. The zero-order valence-corrected chi connectivity index (χ0v) is 17.8. The maximum Gasteiger partial charge on any atom is 0.263 e. The van der Waals surface area contributed by atoms with E-state index in [9.17, 15) is 18.0 Å². The Bertz CT molecular complexity index is 1080. The number of aromatic nitrogens is 1. The van der Waals surface area contributed by atoms with Crippen LogP contribution in [0.4, 0.5) is 11.5 Å². The number of morpholine rings is 1. The molecule has 0 unspecified atom stereocenters. The number of benzene rings is 1. The molecule has 30 heavy (non-hydrogen) atoms. The van der Waals surface area contributed by atoms with Gasteiger partial charge in [0.05, 0.1) is 23.8 Å². The van der Waals surface area contributed by atoms with Gasteiger partial charge in [0.2, 0.25) is 11.8 Å². The van der Waals surface area contributed by atoms with Crippen LogP contribution in [0, 0.1) is 6.92 Å². The molecule has 1 saturated heterocycles. The van der Waals surface area contributed by atoms with Crippen molar-refractivity contribution in [2.45, 2.75) is 22.0 Å². The maximum absolute atomic E-state index is 12.7. The number of hydrogen-bond donors (Lipinski definition) is 2. The van der Waals surface area contributed by atoms with Crippen molar-refractivity contribution < 1.29 is 22.7 Å². The smallest absolute Gasteiger partial charge is 0.263 e. The van der Waals surface area contributed by atoms with Crippen LogP contribution in [0.3, 0.4) is 0 Å². The lowest BCUT2D eigenvalue weighted by Gasteiger charge is -2.31. The highest BCUT2D eigenvalue weighted by atomic mass is 32.2. The average molecular weight is 449 g/mol. The Morgan fingerprint density at radius 2 is 2.03 bits per heavy atom. The molecule has 1 fully saturated rings. The molecule has 2 aromatic rings. The zero-order valence-electron chi connectivity index (χ0n) is 16.1. The quantitative estimate of drug-likeness (QED) is 0.680. The number of amides is 2. The number of thioether (sulfide) groups is 1. The number of anilines is 2. The van der Waals surface area contributed by atoms with E-state index in [1.807, 2.05) is 6.92 Å². The SMILES string of the molecule is Cc1ccc(NS(=O)(=O)c2ccc3c(c2)NC(=O)[C@H](C(=O)N2CCOCC2)S3)nc1. The van der Waals surface area contributed by atoms with E-state index in [0.717, 1.165) is 17.3 Å². The van der Waals surface area contributed by atoms with E-state index in [1.54, 1.807) is 29.3 Å². The molecule has 0 aliphatic carbocycles. The number of carbonyl (C=O) groups excluding carboxylic acids is 2. The molecular formula is C19H20N4O5S2. The molecule has 2 amide bonds. The van der Waals surface area contributed by atoms with Crippen LogP contribution in [-0.2, 0) is 24.3 Å². The van der Waals surface area contributed by atoms with Crippen LogP contribution >= 0.6 is 11.8 Å². The molecule has 0 saturated carbocycles. The van der Waals surface area contributed by atoms with Crippen molar-refractivity contribution in [1.29, 1.82) is 0 Å². The monoisotopic (exact) mass is 448 g/mol. The standard InChI is InChI=1S/C19H20N4O5S2/c1-12-2-5-16(20-11-12)22-30(26,27)13-3-4-15-14(10-13)21-18(24)17(29-15)19(25)23-6-8-28-9-7-23/h2-5,10-11,17H,6-9H2,1H3,(H,20,22)(H,21,24)/t17-/m1/s1. The van der Waals surface area contributed by atoms with E-state index in [2.05, 4.69) is 15.0 Å². The third-order valence-corrected chi connectivity index (χ3v) is 7.31. The van der Waals surface area contributed by atoms with E-state index in [4.69, 9.17) is 4.74 Å². The van der Waals surface area contributed by atoms with Gasteiger partial charge in [-0.05, 0) is 36.8 Å². The number of fused-ring (bicyclic) bond motifs is 1. The third kappa shape index (κ3) is 4.27. The molecule has 1 aromatic carbocycles. The summed E-state index contributed by atoms with van der Waals surface area (Å²) < 4.78 is 33.0. The minimum Gasteiger partial charge on any atom is -0.378 e. The number of hydrogen-bond acceptors (Lipinski definition) is 7. The first-order chi connectivity index (χ1) is 14.3. The number of aryl methyl sites for hydroxylation is 1. The molecule has 3 heterocycles. The van der Waals surface area contributed by atoms with Crippen molar-refractivity contribution in [3.8, 4) is 0 Å². The molecule has 0 bridgehead atoms. The summed E-state index contributed by atoms with van der Waals surface area (Å²) in [5.74, 6) is -0.533. The van der Waals surface area contributed by atoms with Gasteiger partial charge in [-0.1, -0.05) is 6.07 Å². The number of sulfonamides is 1. The highest BCUT2D eigenvalue weighted by Crippen LogP contribution is 2.38. The van der Waals surface area contributed by atoms with Gasteiger partial charge in [-0.25, -0.2) is 13.4 Å². The van der Waals surface area contributed by atoms with E-state index >= 15 is 0 Å². The summed E-state index contributed by atoms with van der Waals surface area (Å²) in [6, 6.07) is 7.74. The molecule has 0 radical (unpaired) electrons. The van der Waals surface area contributed by atoms with Crippen molar-refractivity contribution in [2.75, 3.05) is 36.3 Å². The Kier molecular flexibility index (Phi) is 5.67. The van der Waals surface area contributed by atoms with Crippen LogP contribution in [0.15, 0.2) is 46.3 Å². The van der Waals surface area contributed by atoms with Gasteiger partial charge < -0.3 is 15.0 Å². The van der Waals surface area contributed by atoms with Gasteiger partial charge in [0.1, 0.15) is 5.82 Å². The molecule has 11 heteroatoms. The largest absolute Gasteiger partial charge is 0.378 e. The Balaban J connectivity index is 1.53. The molecule has 1 aromatic heterocycles. The lowest BCUT2D eigenvalue weighted by atomic mass is 10.2. The molecule has 2 aliphatic rings. The van der Waals surface area contributed by atoms with Crippen LogP contribution in [0.2, 0.25) is 0 Å². The first kappa shape index (κ1) is 20.6. The fourth-order valence-electron chi connectivity index (χ4n) is 3.09. The van der Waals surface area contributed by atoms with Crippen molar-refractivity contribution in [3.63, 3.8) is 0 Å². The molecule has 2 N–H and O–H groups in total. The van der Waals surface area contributed by atoms with Gasteiger partial charge in [-0.3, -0.25) is 14.3 Å². The van der Waals surface area contributed by atoms with Gasteiger partial charge in [0.25, 0.3) is 10.0 Å². The summed E-state index contributed by atoms with van der Waals surface area (Å²) >= 11 is 1.12. The Morgan fingerprint density at radius 3 is 2.73 bits per heavy atom. The number of nitrogens with one attached hydrogen (secondary N) is 2. The van der Waals surface area contributed by atoms with Gasteiger partial charge in [0.15, 0.2) is 5.25 Å². The second kappa shape index (κ2) is 8.25. The maximum atomic E-state index is 12.7. The zero-order chi connectivity index (χ0) is 21.3. The lowest BCUT2D eigenvalue weighted by molar-refractivity contribution is -0.137. The number of rotatable bonds is 4. The summed E-state index contributed by atoms with van der Waals surface area (Å²) in [7, 11) is -3.89. The summed E-state index contributed by atoms with van der Waals surface area (Å²) in [6.07, 6.45) is 1.56. The Hall–Kier alpha value is -2.63. The minimum atomic E-state index is -3.89. The number of carbonyl (C=O) groups is 2. The van der Waals surface area contributed by atoms with E-state index < -0.39 is 21.2 Å². The van der Waals surface area contributed by atoms with Crippen molar-refractivity contribution in [2.24, 2.45) is 0 Å². The highest BCUT2D eigenvalue weighted by Gasteiger charge is 2.36. The van der Waals surface area contributed by atoms with Crippen molar-refractivity contribution in [1.82, 2.24) is 9.88 Å². The molecule has 1 atom stereocenters. The third-order valence-electron chi connectivity index (χ3n) is 4.70. The van der Waals surface area contributed by atoms with Crippen LogP contribution < -0.4 is 10.0 Å². The fraction of sp³-hybridized carbons (Fsp3) is 0.316. The predicted molar refractivity (Wildman–Crippen MR) is 112 cm³/mol. The average Bonchev–Trinajstić information content (AvgIpc) is 2.74. The lowest BCUT2D eigenvalue weighted by Crippen LogP contribution is -2.49. The molecule has 2 aliphatic heterocycles. The van der Waals surface area contributed by atoms with Crippen LogP contribution in [0.5, 0.6) is 0 Å². The van der Waals surface area contributed by atoms with Crippen LogP contribution in [-0.4, -0.2) is 61.7 Å². The second-order valence-corrected chi connectivity index (χ2v) is 9.74. The Morgan fingerprint density at radius 1 is 1.27 bits per heavy atom. The second-order valence-electron chi connectivity index (χ2n) is 6.91.